The van der Waals surface area contributed by atoms with Crippen molar-refractivity contribution in [2.24, 2.45) is 0 Å². The summed E-state index contributed by atoms with van der Waals surface area (Å²) in [6.45, 7) is 1.90. The lowest BCUT2D eigenvalue weighted by atomic mass is 9.76. The second-order valence-electron chi connectivity index (χ2n) is 12.5. The van der Waals surface area contributed by atoms with Crippen LogP contribution in [0, 0.1) is 6.92 Å². The number of ether oxygens (including phenoxy) is 3. The maximum Gasteiger partial charge on any atom is 0.343 e. The molecule has 1 unspecified atom stereocenters. The molecule has 0 saturated heterocycles. The van der Waals surface area contributed by atoms with Gasteiger partial charge in [0.15, 0.2) is 0 Å². The van der Waals surface area contributed by atoms with E-state index in [9.17, 15) is 19.5 Å². The number of carbonyl (C=O) groups excluding carboxylic acids is 3. The molecule has 1 atom stereocenters. The fourth-order valence-corrected chi connectivity index (χ4v) is 6.99. The zero-order chi connectivity index (χ0) is 34.0. The van der Waals surface area contributed by atoms with Crippen LogP contribution in [0.4, 0.5) is 0 Å². The lowest BCUT2D eigenvalue weighted by Crippen LogP contribution is -2.24. The van der Waals surface area contributed by atoms with Gasteiger partial charge < -0.3 is 19.3 Å². The molecule has 0 bridgehead atoms. The molecule has 5 aromatic carbocycles. The van der Waals surface area contributed by atoms with Gasteiger partial charge >= 0.3 is 17.9 Å². The van der Waals surface area contributed by atoms with E-state index in [1.165, 1.54) is 6.08 Å². The Balaban J connectivity index is 1.11. The molecule has 7 rings (SSSR count). The highest BCUT2D eigenvalue weighted by Crippen LogP contribution is 2.57. The van der Waals surface area contributed by atoms with Crippen LogP contribution in [0.1, 0.15) is 72.5 Å². The molecule has 0 radical (unpaired) electrons. The Morgan fingerprint density at radius 3 is 1.82 bits per heavy atom. The minimum atomic E-state index is -0.526. The number of aliphatic hydroxyl groups is 1. The molecule has 0 aliphatic heterocycles. The van der Waals surface area contributed by atoms with E-state index in [0.29, 0.717) is 28.4 Å². The highest BCUT2D eigenvalue weighted by Gasteiger charge is 2.48. The van der Waals surface area contributed by atoms with Crippen LogP contribution in [0.5, 0.6) is 17.2 Å². The minimum Gasteiger partial charge on any atom is -0.423 e. The number of aliphatic hydroxyl groups excluding tert-OH is 1. The second kappa shape index (κ2) is 13.4. The molecule has 244 valence electrons. The van der Waals surface area contributed by atoms with Crippen LogP contribution in [0.3, 0.4) is 0 Å². The summed E-state index contributed by atoms with van der Waals surface area (Å²) >= 11 is 0. The predicted molar refractivity (Wildman–Crippen MR) is 185 cm³/mol. The first kappa shape index (κ1) is 31.8. The number of benzene rings is 5. The monoisotopic (exact) mass is 650 g/mol. The molecule has 49 heavy (non-hydrogen) atoms. The van der Waals surface area contributed by atoms with Crippen molar-refractivity contribution in [2.45, 2.75) is 44.6 Å². The van der Waals surface area contributed by atoms with Crippen molar-refractivity contribution >= 4 is 24.0 Å². The molecule has 2 aliphatic rings. The molecule has 7 heteroatoms. The average molecular weight is 651 g/mol. The first-order valence-corrected chi connectivity index (χ1v) is 16.3. The number of fused-ring (bicyclic) bond motifs is 4. The number of hydrogen-bond acceptors (Lipinski definition) is 7. The zero-order valence-corrected chi connectivity index (χ0v) is 27.0. The summed E-state index contributed by atoms with van der Waals surface area (Å²) in [5, 5.41) is 9.29. The lowest BCUT2D eigenvalue weighted by molar-refractivity contribution is -0.129. The third-order valence-electron chi connectivity index (χ3n) is 9.40. The quantitative estimate of drug-likeness (QED) is 0.104. The zero-order valence-electron chi connectivity index (χ0n) is 27.0. The van der Waals surface area contributed by atoms with Gasteiger partial charge in [-0.2, -0.15) is 0 Å². The van der Waals surface area contributed by atoms with Crippen LogP contribution >= 0.6 is 0 Å². The van der Waals surface area contributed by atoms with E-state index < -0.39 is 23.3 Å². The molecule has 2 aliphatic carbocycles. The Morgan fingerprint density at radius 2 is 1.22 bits per heavy atom. The molecule has 0 amide bonds. The van der Waals surface area contributed by atoms with Gasteiger partial charge in [0.1, 0.15) is 17.2 Å². The van der Waals surface area contributed by atoms with E-state index in [4.69, 9.17) is 14.2 Å². The Hall–Kier alpha value is -5.79. The third-order valence-corrected chi connectivity index (χ3v) is 9.40. The van der Waals surface area contributed by atoms with Crippen LogP contribution in [0.15, 0.2) is 115 Å². The second-order valence-corrected chi connectivity index (χ2v) is 12.5. The molecule has 0 saturated carbocycles. The van der Waals surface area contributed by atoms with Gasteiger partial charge in [-0.3, -0.25) is 0 Å². The van der Waals surface area contributed by atoms with Gasteiger partial charge in [0, 0.05) is 22.6 Å². The third kappa shape index (κ3) is 6.41. The van der Waals surface area contributed by atoms with E-state index in [1.807, 2.05) is 55.5 Å². The summed E-state index contributed by atoms with van der Waals surface area (Å²) in [4.78, 5) is 39.1. The van der Waals surface area contributed by atoms with E-state index in [1.54, 1.807) is 54.6 Å². The summed E-state index contributed by atoms with van der Waals surface area (Å²) in [7, 11) is 0. The summed E-state index contributed by atoms with van der Waals surface area (Å²) in [6.07, 6.45) is 6.29. The van der Waals surface area contributed by atoms with E-state index in [-0.39, 0.29) is 6.61 Å². The van der Waals surface area contributed by atoms with Gasteiger partial charge in [-0.1, -0.05) is 66.2 Å². The molecule has 0 fully saturated rings. The van der Waals surface area contributed by atoms with Crippen LogP contribution in [-0.2, 0) is 29.7 Å². The Bertz CT molecular complexity index is 2070. The number of rotatable bonds is 8. The van der Waals surface area contributed by atoms with E-state index >= 15 is 0 Å². The molecule has 0 heterocycles. The Kier molecular flexibility index (Phi) is 8.68. The van der Waals surface area contributed by atoms with Crippen molar-refractivity contribution in [3.63, 3.8) is 0 Å². The Morgan fingerprint density at radius 1 is 0.673 bits per heavy atom. The fraction of sp³-hybridized carbons (Fsp3) is 0.167. The van der Waals surface area contributed by atoms with Crippen LogP contribution in [-0.4, -0.2) is 23.0 Å². The van der Waals surface area contributed by atoms with Crippen molar-refractivity contribution in [1.82, 2.24) is 0 Å². The summed E-state index contributed by atoms with van der Waals surface area (Å²) in [5.41, 5.74) is 7.06. The van der Waals surface area contributed by atoms with Crippen molar-refractivity contribution in [1.29, 1.82) is 0 Å². The highest BCUT2D eigenvalue weighted by atomic mass is 16.5. The standard InChI is InChI=1S/C42H34O7/c1-27-8-15-32(16-9-27)40(45)47-34-19-17-33(18-20-34)41(46)49-36-7-3-5-31-23-25-42(39(31)36)24-22-30-4-2-6-35(38(30)42)48-37(44)21-14-28-10-12-29(26-43)13-11-28/h2-21,43H,22-26H2,1H3/b21-14+. The highest BCUT2D eigenvalue weighted by molar-refractivity contribution is 5.93. The van der Waals surface area contributed by atoms with Gasteiger partial charge in [-0.15, -0.1) is 0 Å². The maximum absolute atomic E-state index is 13.5. The molecule has 0 aromatic heterocycles. The molecule has 1 N–H and O–H groups in total. The minimum absolute atomic E-state index is 0.0436. The number of aryl methyl sites for hydroxylation is 3. The SMILES string of the molecule is Cc1ccc(C(=O)Oc2ccc(C(=O)Oc3cccc4c3C3(CCc5cccc(OC(=O)/C=C/c6ccc(CO)cc6)c53)CC4)cc2)cc1. The van der Waals surface area contributed by atoms with Gasteiger partial charge in [0.2, 0.25) is 0 Å². The van der Waals surface area contributed by atoms with Crippen LogP contribution in [0.25, 0.3) is 6.08 Å². The summed E-state index contributed by atoms with van der Waals surface area (Å²) in [5.74, 6) is -0.192. The fourth-order valence-electron chi connectivity index (χ4n) is 6.99. The largest absolute Gasteiger partial charge is 0.423 e. The van der Waals surface area contributed by atoms with Gasteiger partial charge in [0.25, 0.3) is 0 Å². The normalized spacial score (nSPS) is 16.0. The number of esters is 3. The van der Waals surface area contributed by atoms with Crippen LogP contribution < -0.4 is 14.2 Å². The number of carbonyl (C=O) groups is 3. The molecule has 7 nitrogen and oxygen atoms in total. The summed E-state index contributed by atoms with van der Waals surface area (Å²) < 4.78 is 17.6. The topological polar surface area (TPSA) is 99.1 Å². The van der Waals surface area contributed by atoms with Crippen molar-refractivity contribution < 1.29 is 33.7 Å². The van der Waals surface area contributed by atoms with E-state index in [0.717, 1.165) is 64.6 Å². The number of hydrogen-bond donors (Lipinski definition) is 1. The van der Waals surface area contributed by atoms with Gasteiger partial charge in [0.05, 0.1) is 17.7 Å². The first-order valence-electron chi connectivity index (χ1n) is 16.3. The summed E-state index contributed by atoms with van der Waals surface area (Å²) in [6, 6.07) is 32.3. The average Bonchev–Trinajstić information content (AvgIpc) is 3.70. The Labute approximate surface area is 284 Å². The molecular formula is C42H34O7. The van der Waals surface area contributed by atoms with Crippen molar-refractivity contribution in [2.75, 3.05) is 0 Å². The van der Waals surface area contributed by atoms with Gasteiger partial charge in [-0.05, 0) is 109 Å². The smallest absolute Gasteiger partial charge is 0.343 e. The van der Waals surface area contributed by atoms with Gasteiger partial charge in [-0.25, -0.2) is 14.4 Å². The van der Waals surface area contributed by atoms with E-state index in [2.05, 4.69) is 12.1 Å². The molecule has 1 spiro atoms. The maximum atomic E-state index is 13.5. The molecular weight excluding hydrogens is 616 g/mol. The molecule has 5 aromatic rings. The first-order chi connectivity index (χ1) is 23.8. The lowest BCUT2D eigenvalue weighted by Gasteiger charge is -2.29. The van der Waals surface area contributed by atoms with Crippen LogP contribution in [0.2, 0.25) is 0 Å². The van der Waals surface area contributed by atoms with Crippen molar-refractivity contribution in [3.8, 4) is 17.2 Å². The van der Waals surface area contributed by atoms with Crippen molar-refractivity contribution in [3.05, 3.63) is 165 Å². The predicted octanol–water partition coefficient (Wildman–Crippen LogP) is 7.72.